The average molecular weight is 505 g/mol. The Balaban J connectivity index is 1.86. The highest BCUT2D eigenvalue weighted by Crippen LogP contribution is 2.42. The molecule has 6 nitrogen and oxygen atoms in total. The molecule has 2 aliphatic heterocycles. The lowest BCUT2D eigenvalue weighted by molar-refractivity contribution is -0.122. The van der Waals surface area contributed by atoms with Gasteiger partial charge in [0.2, 0.25) is 5.91 Å². The van der Waals surface area contributed by atoms with Crippen LogP contribution in [0.4, 0.5) is 5.69 Å². The van der Waals surface area contributed by atoms with Gasteiger partial charge < -0.3 is 8.85 Å². The van der Waals surface area contributed by atoms with Crippen LogP contribution in [0.25, 0.3) is 0 Å². The van der Waals surface area contributed by atoms with E-state index in [0.29, 0.717) is 18.8 Å². The minimum absolute atomic E-state index is 0.0746. The van der Waals surface area contributed by atoms with Crippen molar-refractivity contribution in [2.45, 2.75) is 102 Å². The Morgan fingerprint density at radius 2 is 1.24 bits per heavy atom. The van der Waals surface area contributed by atoms with Gasteiger partial charge in [-0.15, -0.1) is 0 Å². The van der Waals surface area contributed by atoms with Crippen molar-refractivity contribution in [1.29, 1.82) is 0 Å². The van der Waals surface area contributed by atoms with E-state index in [-0.39, 0.29) is 40.5 Å². The van der Waals surface area contributed by atoms with Crippen LogP contribution in [-0.4, -0.2) is 64.7 Å². The van der Waals surface area contributed by atoms with Crippen molar-refractivity contribution in [2.24, 2.45) is 0 Å². The van der Waals surface area contributed by atoms with Gasteiger partial charge >= 0.3 is 0 Å². The second-order valence-electron chi connectivity index (χ2n) is 12.9. The molecule has 190 valence electrons. The van der Waals surface area contributed by atoms with Crippen molar-refractivity contribution in [3.63, 3.8) is 0 Å². The fourth-order valence-corrected chi connectivity index (χ4v) is 6.79. The van der Waals surface area contributed by atoms with Crippen molar-refractivity contribution in [3.05, 3.63) is 30.3 Å². The summed E-state index contributed by atoms with van der Waals surface area (Å²) in [5.74, 6) is -0.285. The van der Waals surface area contributed by atoms with Gasteiger partial charge in [0, 0.05) is 13.1 Å². The molecule has 1 aromatic carbocycles. The number of hydrogen-bond donors (Lipinski definition) is 0. The first-order valence-corrected chi connectivity index (χ1v) is 18.3. The smallest absolute Gasteiger partial charge is 0.251 e. The van der Waals surface area contributed by atoms with Gasteiger partial charge in [-0.05, 0) is 48.4 Å². The molecule has 0 bridgehead atoms. The predicted molar refractivity (Wildman–Crippen MR) is 143 cm³/mol. The quantitative estimate of drug-likeness (QED) is 0.383. The minimum atomic E-state index is -2.05. The largest absolute Gasteiger partial charge is 0.410 e. The maximum atomic E-state index is 13.4. The summed E-state index contributed by atoms with van der Waals surface area (Å²) >= 11 is 0. The van der Waals surface area contributed by atoms with Gasteiger partial charge in [0.05, 0.1) is 30.4 Å². The summed E-state index contributed by atoms with van der Waals surface area (Å²) in [6, 6.07) is 8.75. The van der Waals surface area contributed by atoms with E-state index in [2.05, 4.69) is 72.6 Å². The first-order valence-electron chi connectivity index (χ1n) is 12.5. The van der Waals surface area contributed by atoms with Crippen molar-refractivity contribution in [1.82, 2.24) is 4.90 Å². The number of likely N-dealkylation sites (tertiary alicyclic amines) is 1. The summed E-state index contributed by atoms with van der Waals surface area (Å²) in [5, 5.41) is 0.149. The third kappa shape index (κ3) is 5.41. The third-order valence-corrected chi connectivity index (χ3v) is 17.3. The first-order chi connectivity index (χ1) is 15.4. The summed E-state index contributed by atoms with van der Waals surface area (Å²) in [7, 11) is -4.10. The fourth-order valence-electron chi connectivity index (χ4n) is 4.11. The lowest BCUT2D eigenvalue weighted by atomic mass is 10.2. The molecule has 0 spiro atoms. The molecule has 3 atom stereocenters. The lowest BCUT2D eigenvalue weighted by Gasteiger charge is -2.43. The van der Waals surface area contributed by atoms with E-state index >= 15 is 0 Å². The van der Waals surface area contributed by atoms with Crippen LogP contribution in [0, 0.1) is 0 Å². The number of amides is 2. The maximum Gasteiger partial charge on any atom is 0.251 e. The van der Waals surface area contributed by atoms with E-state index in [4.69, 9.17) is 8.85 Å². The second-order valence-corrected chi connectivity index (χ2v) is 22.4. The minimum Gasteiger partial charge on any atom is -0.410 e. The molecule has 0 saturated carbocycles. The number of carbonyl (C=O) groups is 2. The summed E-state index contributed by atoms with van der Waals surface area (Å²) in [4.78, 5) is 29.8. The van der Waals surface area contributed by atoms with Crippen LogP contribution in [-0.2, 0) is 18.4 Å². The molecule has 0 aromatic heterocycles. The number of imide groups is 1. The van der Waals surface area contributed by atoms with E-state index in [9.17, 15) is 9.59 Å². The highest BCUT2D eigenvalue weighted by molar-refractivity contribution is 6.74. The second kappa shape index (κ2) is 9.28. The number of para-hydroxylation sites is 1. The van der Waals surface area contributed by atoms with Crippen LogP contribution < -0.4 is 4.90 Å². The molecule has 0 radical (unpaired) electrons. The Labute approximate surface area is 208 Å². The van der Waals surface area contributed by atoms with Crippen molar-refractivity contribution in [2.75, 3.05) is 18.0 Å². The molecule has 2 saturated heterocycles. The summed E-state index contributed by atoms with van der Waals surface area (Å²) in [6.07, 6.45) is -0.0136. The summed E-state index contributed by atoms with van der Waals surface area (Å²) < 4.78 is 13.8. The van der Waals surface area contributed by atoms with E-state index in [1.54, 1.807) is 0 Å². The molecule has 3 rings (SSSR count). The molecule has 2 fully saturated rings. The van der Waals surface area contributed by atoms with Gasteiger partial charge in [-0.25, -0.2) is 4.90 Å². The highest BCUT2D eigenvalue weighted by Gasteiger charge is 2.51. The molecule has 2 amide bonds. The molecule has 2 heterocycles. The van der Waals surface area contributed by atoms with Crippen LogP contribution >= 0.6 is 0 Å². The number of anilines is 1. The van der Waals surface area contributed by atoms with Crippen molar-refractivity contribution >= 4 is 34.1 Å². The van der Waals surface area contributed by atoms with Crippen LogP contribution in [0.5, 0.6) is 0 Å². The van der Waals surface area contributed by atoms with Crippen molar-refractivity contribution in [3.8, 4) is 0 Å². The molecule has 1 aromatic rings. The van der Waals surface area contributed by atoms with Crippen molar-refractivity contribution < 1.29 is 18.4 Å². The Hall–Kier alpha value is -1.33. The Kier molecular flexibility index (Phi) is 7.44. The third-order valence-electron chi connectivity index (χ3n) is 8.33. The summed E-state index contributed by atoms with van der Waals surface area (Å²) in [5.41, 5.74) is 0.641. The number of rotatable bonds is 6. The Morgan fingerprint density at radius 3 is 1.65 bits per heavy atom. The number of carbonyl (C=O) groups excluding carboxylic acids is 2. The maximum absolute atomic E-state index is 13.4. The zero-order chi connectivity index (χ0) is 25.7. The van der Waals surface area contributed by atoms with Crippen LogP contribution in [0.3, 0.4) is 0 Å². The van der Waals surface area contributed by atoms with Gasteiger partial charge in [-0.1, -0.05) is 59.7 Å². The monoisotopic (exact) mass is 504 g/mol. The zero-order valence-corrected chi connectivity index (χ0v) is 24.8. The highest BCUT2D eigenvalue weighted by atomic mass is 28.4. The van der Waals surface area contributed by atoms with E-state index < -0.39 is 22.7 Å². The Bertz CT molecular complexity index is 870. The molecule has 1 unspecified atom stereocenters. The number of nitrogens with zero attached hydrogens (tertiary/aromatic N) is 2. The predicted octanol–water partition coefficient (Wildman–Crippen LogP) is 5.41. The van der Waals surface area contributed by atoms with Crippen LogP contribution in [0.15, 0.2) is 30.3 Å². The van der Waals surface area contributed by atoms with Crippen LogP contribution in [0.2, 0.25) is 36.3 Å². The molecular weight excluding hydrogens is 460 g/mol. The molecule has 0 N–H and O–H groups in total. The Morgan fingerprint density at radius 1 is 0.794 bits per heavy atom. The van der Waals surface area contributed by atoms with Gasteiger partial charge in [-0.3, -0.25) is 14.5 Å². The number of hydrogen-bond acceptors (Lipinski definition) is 5. The normalized spacial score (nSPS) is 25.5. The zero-order valence-electron chi connectivity index (χ0n) is 22.8. The topological polar surface area (TPSA) is 59.1 Å². The lowest BCUT2D eigenvalue weighted by Crippen LogP contribution is -2.51. The van der Waals surface area contributed by atoms with Gasteiger partial charge in [0.25, 0.3) is 5.91 Å². The fraction of sp³-hybridized carbons (Fsp3) is 0.692. The molecule has 8 heteroatoms. The average Bonchev–Trinajstić information content (AvgIpc) is 3.19. The van der Waals surface area contributed by atoms with Gasteiger partial charge in [-0.2, -0.15) is 0 Å². The van der Waals surface area contributed by atoms with E-state index in [1.165, 1.54) is 4.90 Å². The van der Waals surface area contributed by atoms with E-state index in [1.807, 2.05) is 30.3 Å². The molecule has 34 heavy (non-hydrogen) atoms. The SMILES string of the molecule is CC(C)(C)[Si](C)(C)O[C@H]1CN(C2CC(=O)N(c3ccccc3)C2=O)C[C@@H]1O[Si](C)(C)C(C)(C)C. The molecular formula is C26H44N2O4Si2. The number of benzene rings is 1. The molecule has 0 aliphatic carbocycles. The first kappa shape index (κ1) is 27.3. The van der Waals surface area contributed by atoms with Gasteiger partial charge in [0.1, 0.15) is 0 Å². The standard InChI is InChI=1S/C26H44N2O4Si2/c1-25(2,3)33(7,8)31-21-17-27(18-22(21)32-34(9,10)26(4,5)6)20-16-23(29)28(24(20)30)19-14-12-11-13-15-19/h11-15,20-22H,16-18H2,1-10H3/t20?,21-,22-/m0/s1. The van der Waals surface area contributed by atoms with Crippen LogP contribution in [0.1, 0.15) is 48.0 Å². The van der Waals surface area contributed by atoms with E-state index in [0.717, 1.165) is 0 Å². The summed E-state index contributed by atoms with van der Waals surface area (Å²) in [6.45, 7) is 23.7. The van der Waals surface area contributed by atoms with Gasteiger partial charge in [0.15, 0.2) is 16.6 Å². The molecule has 2 aliphatic rings.